The minimum Gasteiger partial charge on any atom is -0.497 e. The van der Waals surface area contributed by atoms with Gasteiger partial charge in [0.1, 0.15) is 23.9 Å². The smallest absolute Gasteiger partial charge is 0.127 e. The lowest BCUT2D eigenvalue weighted by molar-refractivity contribution is 0.0213. The molecule has 2 aromatic rings. The van der Waals surface area contributed by atoms with E-state index in [9.17, 15) is 9.50 Å². The zero-order valence-electron chi connectivity index (χ0n) is 16.2. The molecule has 4 rings (SSSR count). The van der Waals surface area contributed by atoms with Crippen molar-refractivity contribution in [1.29, 1.82) is 0 Å². The van der Waals surface area contributed by atoms with Crippen LogP contribution in [0.3, 0.4) is 0 Å². The van der Waals surface area contributed by atoms with Crippen molar-refractivity contribution in [3.8, 4) is 11.5 Å². The van der Waals surface area contributed by atoms with Gasteiger partial charge < -0.3 is 14.6 Å². The number of hydrogen-bond acceptors (Lipinski definition) is 4. The molecule has 2 aromatic carbocycles. The minimum atomic E-state index is -0.889. The zero-order valence-corrected chi connectivity index (χ0v) is 16.2. The molecule has 0 aromatic heterocycles. The number of nitrogens with zero attached hydrogens (tertiary/aromatic N) is 1. The second-order valence-corrected chi connectivity index (χ2v) is 7.66. The molecule has 2 aliphatic rings. The number of fused-ring (bicyclic) bond motifs is 1. The molecule has 0 bridgehead atoms. The molecule has 0 saturated carbocycles. The van der Waals surface area contributed by atoms with Crippen LogP contribution in [0.25, 0.3) is 6.08 Å². The summed E-state index contributed by atoms with van der Waals surface area (Å²) in [6, 6.07) is 12.1. The van der Waals surface area contributed by atoms with Crippen LogP contribution >= 0.6 is 0 Å². The lowest BCUT2D eigenvalue weighted by atomic mass is 9.87. The van der Waals surface area contributed by atoms with Crippen molar-refractivity contribution < 1.29 is 19.0 Å². The Hall–Kier alpha value is -2.37. The highest BCUT2D eigenvalue weighted by atomic mass is 19.1. The van der Waals surface area contributed by atoms with Crippen molar-refractivity contribution in [2.24, 2.45) is 0 Å². The third kappa shape index (κ3) is 4.05. The van der Waals surface area contributed by atoms with Crippen molar-refractivity contribution >= 4 is 6.08 Å². The third-order valence-corrected chi connectivity index (χ3v) is 5.70. The van der Waals surface area contributed by atoms with Gasteiger partial charge in [0.2, 0.25) is 0 Å². The Kier molecular flexibility index (Phi) is 5.38. The van der Waals surface area contributed by atoms with E-state index in [-0.39, 0.29) is 5.82 Å². The zero-order chi connectivity index (χ0) is 19.6. The summed E-state index contributed by atoms with van der Waals surface area (Å²) in [6.07, 6.45) is 4.40. The summed E-state index contributed by atoms with van der Waals surface area (Å²) in [4.78, 5) is 2.36. The number of ether oxygens (including phenoxy) is 2. The van der Waals surface area contributed by atoms with Gasteiger partial charge in [-0.05, 0) is 73.4 Å². The highest BCUT2D eigenvalue weighted by molar-refractivity contribution is 5.64. The number of likely N-dealkylation sites (tertiary alicyclic amines) is 1. The van der Waals surface area contributed by atoms with Gasteiger partial charge in [0, 0.05) is 18.7 Å². The van der Waals surface area contributed by atoms with Gasteiger partial charge in [-0.2, -0.15) is 0 Å². The van der Waals surface area contributed by atoms with Gasteiger partial charge in [-0.3, -0.25) is 4.90 Å². The highest BCUT2D eigenvalue weighted by Crippen LogP contribution is 2.34. The Bertz CT molecular complexity index is 865. The fourth-order valence-corrected chi connectivity index (χ4v) is 4.09. The predicted octanol–water partition coefficient (Wildman–Crippen LogP) is 3.98. The van der Waals surface area contributed by atoms with Gasteiger partial charge in [-0.15, -0.1) is 0 Å². The van der Waals surface area contributed by atoms with E-state index in [1.807, 2.05) is 18.2 Å². The van der Waals surface area contributed by atoms with Crippen molar-refractivity contribution in [3.05, 3.63) is 65.0 Å². The largest absolute Gasteiger partial charge is 0.497 e. The van der Waals surface area contributed by atoms with Crippen LogP contribution < -0.4 is 9.47 Å². The van der Waals surface area contributed by atoms with Crippen LogP contribution in [0, 0.1) is 5.82 Å². The summed E-state index contributed by atoms with van der Waals surface area (Å²) < 4.78 is 24.4. The topological polar surface area (TPSA) is 41.9 Å². The fraction of sp³-hybridized carbons (Fsp3) is 0.391. The number of rotatable bonds is 4. The predicted molar refractivity (Wildman–Crippen MR) is 107 cm³/mol. The van der Waals surface area contributed by atoms with Crippen molar-refractivity contribution in [2.45, 2.75) is 24.9 Å². The fourth-order valence-electron chi connectivity index (χ4n) is 4.09. The van der Waals surface area contributed by atoms with Crippen molar-refractivity contribution in [2.75, 3.05) is 33.4 Å². The molecule has 28 heavy (non-hydrogen) atoms. The maximum atomic E-state index is 13.2. The highest BCUT2D eigenvalue weighted by Gasteiger charge is 2.32. The van der Waals surface area contributed by atoms with E-state index >= 15 is 0 Å². The molecule has 0 radical (unpaired) electrons. The maximum absolute atomic E-state index is 13.2. The van der Waals surface area contributed by atoms with Crippen molar-refractivity contribution in [3.63, 3.8) is 0 Å². The van der Waals surface area contributed by atoms with Gasteiger partial charge in [-0.25, -0.2) is 4.39 Å². The van der Waals surface area contributed by atoms with Crippen LogP contribution in [-0.4, -0.2) is 43.4 Å². The molecule has 1 saturated heterocycles. The van der Waals surface area contributed by atoms with Gasteiger partial charge in [0.25, 0.3) is 0 Å². The molecule has 0 aliphatic carbocycles. The van der Waals surface area contributed by atoms with Crippen LogP contribution in [0.5, 0.6) is 11.5 Å². The van der Waals surface area contributed by atoms with Crippen LogP contribution in [0.2, 0.25) is 0 Å². The summed E-state index contributed by atoms with van der Waals surface area (Å²) in [5, 5.41) is 11.1. The number of aliphatic hydroxyl groups is 1. The summed E-state index contributed by atoms with van der Waals surface area (Å²) in [5.74, 6) is 1.42. The van der Waals surface area contributed by atoms with E-state index < -0.39 is 5.60 Å². The number of hydrogen-bond donors (Lipinski definition) is 1. The average molecular weight is 383 g/mol. The second kappa shape index (κ2) is 7.94. The molecule has 1 atom stereocenters. The first kappa shape index (κ1) is 19.0. The van der Waals surface area contributed by atoms with Gasteiger partial charge in [-0.1, -0.05) is 12.1 Å². The first-order chi connectivity index (χ1) is 13.6. The SMILES string of the molecule is COc1ccc2c(c1)C=C(CN1CCC[C@](O)(c3ccc(F)cc3)CC1)CO2. The minimum absolute atomic E-state index is 0.274. The van der Waals surface area contributed by atoms with Crippen LogP contribution in [-0.2, 0) is 5.60 Å². The van der Waals surface area contributed by atoms with Crippen molar-refractivity contribution in [1.82, 2.24) is 4.90 Å². The van der Waals surface area contributed by atoms with E-state index in [0.717, 1.165) is 48.7 Å². The monoisotopic (exact) mass is 383 g/mol. The quantitative estimate of drug-likeness (QED) is 0.867. The number of halogens is 1. The number of benzene rings is 2. The lowest BCUT2D eigenvalue weighted by Crippen LogP contribution is -2.31. The molecule has 0 unspecified atom stereocenters. The molecule has 0 spiro atoms. The summed E-state index contributed by atoms with van der Waals surface area (Å²) in [6.45, 7) is 3.11. The van der Waals surface area contributed by atoms with E-state index in [1.165, 1.54) is 17.7 Å². The molecule has 5 heteroatoms. The molecule has 0 amide bonds. The molecule has 4 nitrogen and oxygen atoms in total. The van der Waals surface area contributed by atoms with E-state index in [2.05, 4.69) is 11.0 Å². The second-order valence-electron chi connectivity index (χ2n) is 7.66. The van der Waals surface area contributed by atoms with Gasteiger partial charge >= 0.3 is 0 Å². The third-order valence-electron chi connectivity index (χ3n) is 5.70. The normalized spacial score (nSPS) is 22.6. The Labute approximate surface area is 165 Å². The molecular weight excluding hydrogens is 357 g/mol. The summed E-state index contributed by atoms with van der Waals surface area (Å²) in [7, 11) is 1.66. The maximum Gasteiger partial charge on any atom is 0.127 e. The Morgan fingerprint density at radius 3 is 2.75 bits per heavy atom. The van der Waals surface area contributed by atoms with Crippen LogP contribution in [0.15, 0.2) is 48.0 Å². The molecule has 1 fully saturated rings. The standard InChI is InChI=1S/C23H26FNO3/c1-27-21-7-8-22-18(14-21)13-17(16-28-22)15-25-11-2-9-23(26,10-12-25)19-3-5-20(24)6-4-19/h3-8,13-14,26H,2,9-12,15-16H2,1H3/t23-/m1/s1. The first-order valence-electron chi connectivity index (χ1n) is 9.77. The van der Waals surface area contributed by atoms with Crippen LogP contribution in [0.4, 0.5) is 4.39 Å². The van der Waals surface area contributed by atoms with Crippen LogP contribution in [0.1, 0.15) is 30.4 Å². The van der Waals surface area contributed by atoms with E-state index in [1.54, 1.807) is 19.2 Å². The lowest BCUT2D eigenvalue weighted by Gasteiger charge is -2.28. The summed E-state index contributed by atoms with van der Waals surface area (Å²) >= 11 is 0. The molecule has 2 aliphatic heterocycles. The first-order valence-corrected chi connectivity index (χ1v) is 9.77. The molecular formula is C23H26FNO3. The summed E-state index contributed by atoms with van der Waals surface area (Å²) in [5.41, 5.74) is 2.17. The Balaban J connectivity index is 1.44. The molecule has 1 N–H and O–H groups in total. The Morgan fingerprint density at radius 2 is 1.96 bits per heavy atom. The average Bonchev–Trinajstić information content (AvgIpc) is 2.90. The Morgan fingerprint density at radius 1 is 1.14 bits per heavy atom. The van der Waals surface area contributed by atoms with E-state index in [0.29, 0.717) is 19.4 Å². The van der Waals surface area contributed by atoms with Gasteiger partial charge in [0.05, 0.1) is 12.7 Å². The van der Waals surface area contributed by atoms with E-state index in [4.69, 9.17) is 9.47 Å². The molecule has 148 valence electrons. The number of methoxy groups -OCH3 is 1. The van der Waals surface area contributed by atoms with Gasteiger partial charge in [0.15, 0.2) is 0 Å². The molecule has 2 heterocycles.